The second-order valence-corrected chi connectivity index (χ2v) is 7.67. The highest BCUT2D eigenvalue weighted by atomic mass is 35.5. The van der Waals surface area contributed by atoms with Gasteiger partial charge in [-0.1, -0.05) is 29.3 Å². The lowest BCUT2D eigenvalue weighted by Crippen LogP contribution is -1.99. The molecule has 8 heteroatoms. The minimum atomic E-state index is -0.454. The molecule has 1 aliphatic heterocycles. The van der Waals surface area contributed by atoms with E-state index in [2.05, 4.69) is 0 Å². The fourth-order valence-corrected chi connectivity index (χ4v) is 3.69. The number of non-ortho nitro benzene ring substituents is 1. The maximum Gasteiger partial charge on any atom is 0.269 e. The monoisotopic (exact) mass is 455 g/mol. The van der Waals surface area contributed by atoms with Crippen LogP contribution in [0.25, 0.3) is 6.08 Å². The Morgan fingerprint density at radius 1 is 1.06 bits per heavy atom. The van der Waals surface area contributed by atoms with Crippen LogP contribution >= 0.6 is 23.2 Å². The number of Topliss-reactive ketones (excluding diaryl/α,β-unsaturated/α-hetero) is 1. The Morgan fingerprint density at radius 2 is 1.74 bits per heavy atom. The van der Waals surface area contributed by atoms with E-state index in [-0.39, 0.29) is 23.8 Å². The molecule has 3 aromatic carbocycles. The van der Waals surface area contributed by atoms with Gasteiger partial charge in [-0.2, -0.15) is 0 Å². The molecule has 0 radical (unpaired) electrons. The lowest BCUT2D eigenvalue weighted by molar-refractivity contribution is -0.384. The Bertz CT molecular complexity index is 1220. The summed E-state index contributed by atoms with van der Waals surface area (Å²) in [7, 11) is 0. The highest BCUT2D eigenvalue weighted by Gasteiger charge is 2.30. The molecule has 0 amide bonds. The molecule has 0 fully saturated rings. The van der Waals surface area contributed by atoms with Crippen molar-refractivity contribution in [1.82, 2.24) is 0 Å². The minimum absolute atomic E-state index is 0.0160. The topological polar surface area (TPSA) is 78.7 Å². The van der Waals surface area contributed by atoms with Gasteiger partial charge in [0.25, 0.3) is 5.69 Å². The lowest BCUT2D eigenvalue weighted by Gasteiger charge is -2.11. The van der Waals surface area contributed by atoms with Crippen LogP contribution in [-0.4, -0.2) is 10.7 Å². The molecule has 0 N–H and O–H groups in total. The van der Waals surface area contributed by atoms with Crippen molar-refractivity contribution in [2.24, 2.45) is 0 Å². The van der Waals surface area contributed by atoms with Crippen molar-refractivity contribution in [3.8, 4) is 11.5 Å². The maximum atomic E-state index is 12.8. The van der Waals surface area contributed by atoms with Gasteiger partial charge in [-0.3, -0.25) is 14.9 Å². The first-order valence-electron chi connectivity index (χ1n) is 9.23. The van der Waals surface area contributed by atoms with Gasteiger partial charge in [-0.05, 0) is 55.0 Å². The number of ketones is 1. The highest BCUT2D eigenvalue weighted by molar-refractivity contribution is 6.37. The molecule has 0 unspecified atom stereocenters. The van der Waals surface area contributed by atoms with Crippen LogP contribution in [0.15, 0.2) is 60.4 Å². The zero-order valence-electron chi connectivity index (χ0n) is 16.2. The van der Waals surface area contributed by atoms with Crippen LogP contribution in [0.2, 0.25) is 10.0 Å². The van der Waals surface area contributed by atoms with Gasteiger partial charge < -0.3 is 9.47 Å². The first kappa shape index (κ1) is 20.9. The molecular weight excluding hydrogens is 441 g/mol. The standard InChI is InChI=1S/C23H15Cl2NO5/c1-13-20(30-12-14-5-7-15(8-6-14)26(28)29)10-9-16-22(27)21(31-23(13)16)11-17-18(24)3-2-4-19(17)25/h2-11H,12H2,1H3/b21-11-. The van der Waals surface area contributed by atoms with Crippen molar-refractivity contribution < 1.29 is 19.2 Å². The molecular formula is C23H15Cl2NO5. The first-order chi connectivity index (χ1) is 14.8. The number of benzene rings is 3. The number of nitro benzene ring substituents is 1. The number of carbonyl (C=O) groups excluding carboxylic acids is 1. The summed E-state index contributed by atoms with van der Waals surface area (Å²) in [6, 6.07) is 14.5. The number of ether oxygens (including phenoxy) is 2. The largest absolute Gasteiger partial charge is 0.488 e. The van der Waals surface area contributed by atoms with Gasteiger partial charge in [0.15, 0.2) is 5.76 Å². The van der Waals surface area contributed by atoms with E-state index in [4.69, 9.17) is 32.7 Å². The normalized spacial score (nSPS) is 13.8. The van der Waals surface area contributed by atoms with Gasteiger partial charge in [-0.15, -0.1) is 0 Å². The molecule has 4 rings (SSSR count). The number of hydrogen-bond acceptors (Lipinski definition) is 5. The Hall–Kier alpha value is -3.35. The van der Waals surface area contributed by atoms with E-state index in [1.807, 2.05) is 0 Å². The van der Waals surface area contributed by atoms with Crippen molar-refractivity contribution in [1.29, 1.82) is 0 Å². The lowest BCUT2D eigenvalue weighted by atomic mass is 10.1. The summed E-state index contributed by atoms with van der Waals surface area (Å²) in [5.74, 6) is 0.819. The summed E-state index contributed by atoms with van der Waals surface area (Å²) in [6.07, 6.45) is 1.53. The van der Waals surface area contributed by atoms with Gasteiger partial charge in [0.1, 0.15) is 18.1 Å². The van der Waals surface area contributed by atoms with Crippen molar-refractivity contribution in [3.63, 3.8) is 0 Å². The van der Waals surface area contributed by atoms with E-state index in [0.29, 0.717) is 38.2 Å². The van der Waals surface area contributed by atoms with Crippen molar-refractivity contribution in [2.45, 2.75) is 13.5 Å². The molecule has 0 aliphatic carbocycles. The predicted octanol–water partition coefficient (Wildman–Crippen LogP) is 6.41. The summed E-state index contributed by atoms with van der Waals surface area (Å²) in [5, 5.41) is 11.6. The van der Waals surface area contributed by atoms with Crippen LogP contribution in [0.1, 0.15) is 27.0 Å². The van der Waals surface area contributed by atoms with Crippen molar-refractivity contribution >= 4 is 40.7 Å². The van der Waals surface area contributed by atoms with Crippen molar-refractivity contribution in [2.75, 3.05) is 0 Å². The molecule has 0 saturated heterocycles. The summed E-state index contributed by atoms with van der Waals surface area (Å²) >= 11 is 12.4. The van der Waals surface area contributed by atoms with E-state index in [1.54, 1.807) is 49.4 Å². The average molecular weight is 456 g/mol. The van der Waals surface area contributed by atoms with Gasteiger partial charge in [-0.25, -0.2) is 0 Å². The fourth-order valence-electron chi connectivity index (χ4n) is 3.18. The van der Waals surface area contributed by atoms with E-state index in [1.165, 1.54) is 18.2 Å². The second kappa shape index (κ2) is 8.41. The zero-order chi connectivity index (χ0) is 22.1. The summed E-state index contributed by atoms with van der Waals surface area (Å²) in [5.41, 5.74) is 2.39. The molecule has 3 aromatic rings. The molecule has 31 heavy (non-hydrogen) atoms. The van der Waals surface area contributed by atoms with Crippen LogP contribution in [-0.2, 0) is 6.61 Å². The van der Waals surface area contributed by atoms with E-state index < -0.39 is 4.92 Å². The van der Waals surface area contributed by atoms with Crippen LogP contribution in [0.3, 0.4) is 0 Å². The Kier molecular flexibility index (Phi) is 5.67. The zero-order valence-corrected chi connectivity index (χ0v) is 17.7. The van der Waals surface area contributed by atoms with Gasteiger partial charge in [0.2, 0.25) is 5.78 Å². The van der Waals surface area contributed by atoms with Gasteiger partial charge >= 0.3 is 0 Å². The predicted molar refractivity (Wildman–Crippen MR) is 118 cm³/mol. The van der Waals surface area contributed by atoms with Gasteiger partial charge in [0.05, 0.1) is 10.5 Å². The quantitative estimate of drug-likeness (QED) is 0.252. The molecule has 0 atom stereocenters. The Labute approximate surface area is 187 Å². The molecule has 1 aliphatic rings. The number of fused-ring (bicyclic) bond motifs is 1. The molecule has 0 spiro atoms. The number of halogens is 2. The third-order valence-corrected chi connectivity index (χ3v) is 5.51. The maximum absolute atomic E-state index is 12.8. The highest BCUT2D eigenvalue weighted by Crippen LogP contribution is 2.40. The van der Waals surface area contributed by atoms with Crippen LogP contribution < -0.4 is 9.47 Å². The summed E-state index contributed by atoms with van der Waals surface area (Å²) < 4.78 is 11.7. The number of allylic oxidation sites excluding steroid dienone is 1. The minimum Gasteiger partial charge on any atom is -0.488 e. The number of carbonyl (C=O) groups is 1. The third-order valence-electron chi connectivity index (χ3n) is 4.85. The SMILES string of the molecule is Cc1c(OCc2ccc([N+](=O)[O-])cc2)ccc2c1O/C(=C\c1c(Cl)cccc1Cl)C2=O. The van der Waals surface area contributed by atoms with Crippen LogP contribution in [0, 0.1) is 17.0 Å². The average Bonchev–Trinajstić information content (AvgIpc) is 3.07. The Morgan fingerprint density at radius 3 is 2.39 bits per heavy atom. The number of hydrogen-bond donors (Lipinski definition) is 0. The van der Waals surface area contributed by atoms with Crippen LogP contribution in [0.4, 0.5) is 5.69 Å². The molecule has 0 saturated carbocycles. The van der Waals surface area contributed by atoms with Crippen molar-refractivity contribution in [3.05, 3.63) is 103 Å². The smallest absolute Gasteiger partial charge is 0.269 e. The molecule has 0 aromatic heterocycles. The van der Waals surface area contributed by atoms with E-state index in [0.717, 1.165) is 5.56 Å². The fraction of sp³-hybridized carbons (Fsp3) is 0.0870. The summed E-state index contributed by atoms with van der Waals surface area (Å²) in [6.45, 7) is 2.01. The van der Waals surface area contributed by atoms with Gasteiger partial charge in [0, 0.05) is 33.3 Å². The third kappa shape index (κ3) is 4.13. The number of rotatable bonds is 5. The molecule has 0 bridgehead atoms. The number of nitrogens with zero attached hydrogens (tertiary/aromatic N) is 1. The summed E-state index contributed by atoms with van der Waals surface area (Å²) in [4.78, 5) is 23.1. The van der Waals surface area contributed by atoms with E-state index >= 15 is 0 Å². The van der Waals surface area contributed by atoms with E-state index in [9.17, 15) is 14.9 Å². The Balaban J connectivity index is 1.56. The molecule has 1 heterocycles. The molecule has 6 nitrogen and oxygen atoms in total. The molecule has 156 valence electrons. The first-order valence-corrected chi connectivity index (χ1v) is 9.98. The number of nitro groups is 1. The van der Waals surface area contributed by atoms with Crippen LogP contribution in [0.5, 0.6) is 11.5 Å². The second-order valence-electron chi connectivity index (χ2n) is 6.85.